The molecule has 0 aliphatic carbocycles. The number of aromatic nitrogens is 1. The average molecular weight is 220 g/mol. The van der Waals surface area contributed by atoms with E-state index < -0.39 is 0 Å². The summed E-state index contributed by atoms with van der Waals surface area (Å²) >= 11 is 0. The molecule has 88 valence electrons. The van der Waals surface area contributed by atoms with E-state index in [0.29, 0.717) is 6.04 Å². The predicted octanol–water partition coefficient (Wildman–Crippen LogP) is 2.26. The highest BCUT2D eigenvalue weighted by Gasteiger charge is 2.24. The van der Waals surface area contributed by atoms with Crippen LogP contribution in [0.4, 0.5) is 5.82 Å². The van der Waals surface area contributed by atoms with Crippen molar-refractivity contribution in [2.24, 2.45) is 0 Å². The molecule has 0 saturated carbocycles. The van der Waals surface area contributed by atoms with Crippen LogP contribution in [-0.2, 0) is 6.61 Å². The third-order valence-electron chi connectivity index (χ3n) is 3.32. The first kappa shape index (κ1) is 11.4. The fourth-order valence-corrected chi connectivity index (χ4v) is 2.52. The SMILES string of the molecule is CCC1CCCN1c1cc(CO)cc(C)n1. The van der Waals surface area contributed by atoms with Gasteiger partial charge in [-0.25, -0.2) is 4.98 Å². The highest BCUT2D eigenvalue weighted by Crippen LogP contribution is 2.26. The zero-order valence-electron chi connectivity index (χ0n) is 10.1. The predicted molar refractivity (Wildman–Crippen MR) is 65.6 cm³/mol. The van der Waals surface area contributed by atoms with Crippen molar-refractivity contribution in [1.29, 1.82) is 0 Å². The Balaban J connectivity index is 2.28. The van der Waals surface area contributed by atoms with Gasteiger partial charge in [-0.2, -0.15) is 0 Å². The number of aliphatic hydroxyl groups excluding tert-OH is 1. The molecular weight excluding hydrogens is 200 g/mol. The van der Waals surface area contributed by atoms with Crippen LogP contribution in [0.2, 0.25) is 0 Å². The first-order valence-electron chi connectivity index (χ1n) is 6.09. The minimum absolute atomic E-state index is 0.0982. The van der Waals surface area contributed by atoms with E-state index in [0.717, 1.165) is 23.6 Å². The van der Waals surface area contributed by atoms with Crippen LogP contribution in [0.5, 0.6) is 0 Å². The smallest absolute Gasteiger partial charge is 0.129 e. The van der Waals surface area contributed by atoms with Gasteiger partial charge in [0, 0.05) is 18.3 Å². The molecule has 1 aromatic rings. The van der Waals surface area contributed by atoms with Crippen molar-refractivity contribution in [3.8, 4) is 0 Å². The van der Waals surface area contributed by atoms with Crippen LogP contribution >= 0.6 is 0 Å². The van der Waals surface area contributed by atoms with Crippen molar-refractivity contribution in [3.05, 3.63) is 23.4 Å². The third kappa shape index (κ3) is 2.19. The van der Waals surface area contributed by atoms with Gasteiger partial charge in [0.1, 0.15) is 5.82 Å². The van der Waals surface area contributed by atoms with Gasteiger partial charge in [-0.15, -0.1) is 0 Å². The fraction of sp³-hybridized carbons (Fsp3) is 0.615. The molecule has 2 rings (SSSR count). The molecule has 1 atom stereocenters. The van der Waals surface area contributed by atoms with Gasteiger partial charge in [0.2, 0.25) is 0 Å². The topological polar surface area (TPSA) is 36.4 Å². The van der Waals surface area contributed by atoms with E-state index in [1.807, 2.05) is 19.1 Å². The minimum atomic E-state index is 0.0982. The van der Waals surface area contributed by atoms with Crippen molar-refractivity contribution in [3.63, 3.8) is 0 Å². The Morgan fingerprint density at radius 2 is 2.31 bits per heavy atom. The second-order valence-electron chi connectivity index (χ2n) is 4.53. The summed E-state index contributed by atoms with van der Waals surface area (Å²) < 4.78 is 0. The van der Waals surface area contributed by atoms with E-state index >= 15 is 0 Å². The molecule has 3 nitrogen and oxygen atoms in total. The Morgan fingerprint density at radius 1 is 1.50 bits per heavy atom. The molecule has 1 aliphatic heterocycles. The van der Waals surface area contributed by atoms with Crippen LogP contribution < -0.4 is 4.90 Å². The molecular formula is C13H20N2O. The summed E-state index contributed by atoms with van der Waals surface area (Å²) in [5, 5.41) is 9.21. The van der Waals surface area contributed by atoms with Crippen molar-refractivity contribution >= 4 is 5.82 Å². The molecule has 1 fully saturated rings. The zero-order valence-corrected chi connectivity index (χ0v) is 10.1. The molecule has 0 amide bonds. The number of nitrogens with zero attached hydrogens (tertiary/aromatic N) is 2. The molecule has 0 spiro atoms. The van der Waals surface area contributed by atoms with Crippen LogP contribution in [0, 0.1) is 6.92 Å². The van der Waals surface area contributed by atoms with Crippen LogP contribution in [0.15, 0.2) is 12.1 Å². The summed E-state index contributed by atoms with van der Waals surface area (Å²) in [6.07, 6.45) is 3.69. The Labute approximate surface area is 97.1 Å². The fourth-order valence-electron chi connectivity index (χ4n) is 2.52. The van der Waals surface area contributed by atoms with Crippen LogP contribution in [-0.4, -0.2) is 22.7 Å². The van der Waals surface area contributed by atoms with Gasteiger partial charge in [0.15, 0.2) is 0 Å². The van der Waals surface area contributed by atoms with E-state index in [1.54, 1.807) is 0 Å². The Bertz CT molecular complexity index is 365. The zero-order chi connectivity index (χ0) is 11.5. The van der Waals surface area contributed by atoms with E-state index in [1.165, 1.54) is 19.3 Å². The molecule has 16 heavy (non-hydrogen) atoms. The molecule has 0 radical (unpaired) electrons. The summed E-state index contributed by atoms with van der Waals surface area (Å²) in [4.78, 5) is 6.96. The number of hydrogen-bond acceptors (Lipinski definition) is 3. The maximum atomic E-state index is 9.21. The number of anilines is 1. The quantitative estimate of drug-likeness (QED) is 0.849. The van der Waals surface area contributed by atoms with Crippen LogP contribution in [0.3, 0.4) is 0 Å². The van der Waals surface area contributed by atoms with Crippen molar-refractivity contribution in [2.45, 2.75) is 45.8 Å². The summed E-state index contributed by atoms with van der Waals surface area (Å²) in [6, 6.07) is 4.59. The minimum Gasteiger partial charge on any atom is -0.392 e. The number of aryl methyl sites for hydroxylation is 1. The average Bonchev–Trinajstić information content (AvgIpc) is 2.76. The van der Waals surface area contributed by atoms with E-state index in [9.17, 15) is 5.11 Å². The lowest BCUT2D eigenvalue weighted by Crippen LogP contribution is -2.29. The van der Waals surface area contributed by atoms with Crippen molar-refractivity contribution in [2.75, 3.05) is 11.4 Å². The van der Waals surface area contributed by atoms with Gasteiger partial charge in [0.05, 0.1) is 6.61 Å². The van der Waals surface area contributed by atoms with Crippen LogP contribution in [0.25, 0.3) is 0 Å². The first-order chi connectivity index (χ1) is 7.74. The Hall–Kier alpha value is -1.09. The molecule has 1 unspecified atom stereocenters. The summed E-state index contributed by atoms with van der Waals surface area (Å²) in [5.74, 6) is 1.04. The summed E-state index contributed by atoms with van der Waals surface area (Å²) in [5.41, 5.74) is 1.95. The number of hydrogen-bond donors (Lipinski definition) is 1. The van der Waals surface area contributed by atoms with E-state index in [2.05, 4.69) is 16.8 Å². The lowest BCUT2D eigenvalue weighted by Gasteiger charge is -2.25. The monoisotopic (exact) mass is 220 g/mol. The Kier molecular flexibility index (Phi) is 3.44. The molecule has 2 heterocycles. The van der Waals surface area contributed by atoms with Gasteiger partial charge in [0.25, 0.3) is 0 Å². The molecule has 1 saturated heterocycles. The van der Waals surface area contributed by atoms with E-state index in [-0.39, 0.29) is 6.61 Å². The van der Waals surface area contributed by atoms with Crippen LogP contribution in [0.1, 0.15) is 37.4 Å². The standard InChI is InChI=1S/C13H20N2O/c1-3-12-5-4-6-15(12)13-8-11(9-16)7-10(2)14-13/h7-8,12,16H,3-6,9H2,1-2H3. The second-order valence-corrected chi connectivity index (χ2v) is 4.53. The number of rotatable bonds is 3. The largest absolute Gasteiger partial charge is 0.392 e. The molecule has 1 aromatic heterocycles. The lowest BCUT2D eigenvalue weighted by atomic mass is 10.1. The first-order valence-corrected chi connectivity index (χ1v) is 6.09. The molecule has 1 aliphatic rings. The lowest BCUT2D eigenvalue weighted by molar-refractivity contribution is 0.281. The van der Waals surface area contributed by atoms with Gasteiger partial charge < -0.3 is 10.0 Å². The Morgan fingerprint density at radius 3 is 3.00 bits per heavy atom. The molecule has 1 N–H and O–H groups in total. The highest BCUT2D eigenvalue weighted by atomic mass is 16.3. The maximum Gasteiger partial charge on any atom is 0.129 e. The highest BCUT2D eigenvalue weighted by molar-refractivity contribution is 5.44. The van der Waals surface area contributed by atoms with E-state index in [4.69, 9.17) is 0 Å². The maximum absolute atomic E-state index is 9.21. The van der Waals surface area contributed by atoms with Gasteiger partial charge >= 0.3 is 0 Å². The van der Waals surface area contributed by atoms with Gasteiger partial charge in [-0.1, -0.05) is 6.92 Å². The summed E-state index contributed by atoms with van der Waals surface area (Å²) in [7, 11) is 0. The van der Waals surface area contributed by atoms with Crippen molar-refractivity contribution in [1.82, 2.24) is 4.98 Å². The third-order valence-corrected chi connectivity index (χ3v) is 3.32. The van der Waals surface area contributed by atoms with Gasteiger partial charge in [-0.05, 0) is 43.9 Å². The molecule has 0 aromatic carbocycles. The van der Waals surface area contributed by atoms with Gasteiger partial charge in [-0.3, -0.25) is 0 Å². The summed E-state index contributed by atoms with van der Waals surface area (Å²) in [6.45, 7) is 5.41. The second kappa shape index (κ2) is 4.83. The number of pyridine rings is 1. The molecule has 3 heteroatoms. The normalized spacial score (nSPS) is 20.4. The van der Waals surface area contributed by atoms with Crippen molar-refractivity contribution < 1.29 is 5.11 Å². The number of aliphatic hydroxyl groups is 1. The molecule has 0 bridgehead atoms.